The number of hydrogen-bond acceptors (Lipinski definition) is 2. The second-order valence-corrected chi connectivity index (χ2v) is 7.14. The van der Waals surface area contributed by atoms with Crippen LogP contribution in [0, 0.1) is 11.3 Å². The lowest BCUT2D eigenvalue weighted by Crippen LogP contribution is -2.43. The van der Waals surface area contributed by atoms with Gasteiger partial charge in [-0.05, 0) is 41.6 Å². The van der Waals surface area contributed by atoms with Crippen LogP contribution >= 0.6 is 22.6 Å². The molecule has 2 saturated carbocycles. The zero-order chi connectivity index (χ0) is 13.5. The summed E-state index contributed by atoms with van der Waals surface area (Å²) in [5.41, 5.74) is 3.53. The van der Waals surface area contributed by atoms with Gasteiger partial charge in [-0.15, -0.1) is 0 Å². The highest BCUT2D eigenvalue weighted by atomic mass is 127. The van der Waals surface area contributed by atoms with Gasteiger partial charge >= 0.3 is 0 Å². The highest BCUT2D eigenvalue weighted by Crippen LogP contribution is 2.59. The molecular formula is C16H23IO2. The molecule has 3 fully saturated rings. The van der Waals surface area contributed by atoms with Crippen LogP contribution in [0.5, 0.6) is 0 Å². The highest BCUT2D eigenvalue weighted by molar-refractivity contribution is 14.1. The van der Waals surface area contributed by atoms with Crippen molar-refractivity contribution in [1.29, 1.82) is 0 Å². The molecule has 0 amide bonds. The second kappa shape index (κ2) is 5.15. The molecule has 0 aromatic heterocycles. The molecule has 0 aromatic carbocycles. The van der Waals surface area contributed by atoms with Crippen molar-refractivity contribution in [1.82, 2.24) is 0 Å². The monoisotopic (exact) mass is 374 g/mol. The van der Waals surface area contributed by atoms with Crippen molar-refractivity contribution in [3.05, 3.63) is 21.3 Å². The van der Waals surface area contributed by atoms with E-state index in [1.165, 1.54) is 24.8 Å². The number of hydrogen-bond donors (Lipinski definition) is 0. The number of fused-ring (bicyclic) bond motifs is 1. The van der Waals surface area contributed by atoms with Gasteiger partial charge in [-0.3, -0.25) is 0 Å². The van der Waals surface area contributed by atoms with Crippen LogP contribution in [0.25, 0.3) is 0 Å². The lowest BCUT2D eigenvalue weighted by Gasteiger charge is -2.45. The Morgan fingerprint density at radius 2 is 2.05 bits per heavy atom. The van der Waals surface area contributed by atoms with E-state index in [0.717, 1.165) is 32.0 Å². The minimum absolute atomic E-state index is 0.230. The van der Waals surface area contributed by atoms with Crippen molar-refractivity contribution >= 4 is 22.6 Å². The summed E-state index contributed by atoms with van der Waals surface area (Å²) in [5.74, 6) is 0.499. The second-order valence-electron chi connectivity index (χ2n) is 6.42. The first-order valence-corrected chi connectivity index (χ1v) is 8.59. The fraction of sp³-hybridized carbons (Fsp3) is 0.750. The summed E-state index contributed by atoms with van der Waals surface area (Å²) in [7, 11) is 0. The summed E-state index contributed by atoms with van der Waals surface area (Å²) < 4.78 is 14.0. The lowest BCUT2D eigenvalue weighted by atomic mass is 9.65. The van der Waals surface area contributed by atoms with Crippen molar-refractivity contribution in [2.45, 2.75) is 51.7 Å². The summed E-state index contributed by atoms with van der Waals surface area (Å²) in [6.45, 7) is 6.29. The zero-order valence-electron chi connectivity index (χ0n) is 11.9. The van der Waals surface area contributed by atoms with Gasteiger partial charge < -0.3 is 9.47 Å². The third-order valence-electron chi connectivity index (χ3n) is 5.52. The van der Waals surface area contributed by atoms with Crippen molar-refractivity contribution in [3.8, 4) is 0 Å². The molecule has 1 aliphatic heterocycles. The molecule has 0 aromatic rings. The quantitative estimate of drug-likeness (QED) is 0.625. The smallest absolute Gasteiger partial charge is 0.168 e. The van der Waals surface area contributed by atoms with E-state index in [1.54, 1.807) is 5.57 Å². The van der Waals surface area contributed by atoms with Gasteiger partial charge in [0.05, 0.1) is 13.2 Å². The summed E-state index contributed by atoms with van der Waals surface area (Å²) in [5, 5.41) is 0. The van der Waals surface area contributed by atoms with E-state index >= 15 is 0 Å². The van der Waals surface area contributed by atoms with Crippen molar-refractivity contribution in [2.24, 2.45) is 11.3 Å². The van der Waals surface area contributed by atoms with E-state index in [1.807, 2.05) is 0 Å². The maximum Gasteiger partial charge on any atom is 0.168 e. The highest BCUT2D eigenvalue weighted by Gasteiger charge is 2.53. The van der Waals surface area contributed by atoms with E-state index in [0.29, 0.717) is 5.41 Å². The molecule has 3 heteroatoms. The average molecular weight is 374 g/mol. The van der Waals surface area contributed by atoms with Crippen LogP contribution in [0.3, 0.4) is 0 Å². The van der Waals surface area contributed by atoms with Crippen LogP contribution in [-0.2, 0) is 9.47 Å². The van der Waals surface area contributed by atoms with E-state index in [2.05, 4.69) is 46.6 Å². The third-order valence-corrected chi connectivity index (χ3v) is 5.88. The fourth-order valence-corrected chi connectivity index (χ4v) is 4.92. The SMILES string of the molecule is CC(/C=C/I)=C1\CC[C@H]2CC3(CC[C@]12C)OCCO3. The van der Waals surface area contributed by atoms with Gasteiger partial charge in [-0.2, -0.15) is 0 Å². The number of ether oxygens (including phenoxy) is 2. The predicted octanol–water partition coefficient (Wildman–Crippen LogP) is 4.59. The minimum atomic E-state index is -0.230. The van der Waals surface area contributed by atoms with Crippen LogP contribution in [-0.4, -0.2) is 19.0 Å². The summed E-state index contributed by atoms with van der Waals surface area (Å²) in [6.07, 6.45) is 8.17. The molecule has 19 heavy (non-hydrogen) atoms. The number of allylic oxidation sites excluding steroid dienone is 3. The molecular weight excluding hydrogens is 351 g/mol. The van der Waals surface area contributed by atoms with Crippen molar-refractivity contribution < 1.29 is 9.47 Å². The van der Waals surface area contributed by atoms with Gasteiger partial charge in [-0.1, -0.05) is 46.7 Å². The van der Waals surface area contributed by atoms with E-state index in [4.69, 9.17) is 9.47 Å². The largest absolute Gasteiger partial charge is 0.348 e. The molecule has 1 heterocycles. The van der Waals surface area contributed by atoms with Gasteiger partial charge in [0.25, 0.3) is 0 Å². The van der Waals surface area contributed by atoms with Gasteiger partial charge in [0.1, 0.15) is 0 Å². The van der Waals surface area contributed by atoms with Crippen LogP contribution in [0.2, 0.25) is 0 Å². The molecule has 0 bridgehead atoms. The van der Waals surface area contributed by atoms with Crippen LogP contribution in [0.15, 0.2) is 21.3 Å². The van der Waals surface area contributed by atoms with E-state index in [-0.39, 0.29) is 5.79 Å². The Hall–Kier alpha value is 0.130. The molecule has 0 radical (unpaired) electrons. The van der Waals surface area contributed by atoms with E-state index < -0.39 is 0 Å². The molecule has 106 valence electrons. The van der Waals surface area contributed by atoms with Gasteiger partial charge in [-0.25, -0.2) is 0 Å². The molecule has 2 aliphatic carbocycles. The fourth-order valence-electron chi connectivity index (χ4n) is 4.38. The first kappa shape index (κ1) is 14.1. The Morgan fingerprint density at radius 3 is 2.74 bits per heavy atom. The number of halogens is 1. The maximum atomic E-state index is 5.92. The summed E-state index contributed by atoms with van der Waals surface area (Å²) in [4.78, 5) is 0. The normalized spacial score (nSPS) is 40.1. The molecule has 3 aliphatic rings. The molecule has 1 saturated heterocycles. The number of rotatable bonds is 1. The molecule has 0 N–H and O–H groups in total. The Bertz CT molecular complexity index is 420. The third kappa shape index (κ3) is 2.32. The Morgan fingerprint density at radius 1 is 1.32 bits per heavy atom. The minimum Gasteiger partial charge on any atom is -0.348 e. The Balaban J connectivity index is 1.85. The summed E-state index contributed by atoms with van der Waals surface area (Å²) >= 11 is 2.31. The molecule has 0 unspecified atom stereocenters. The van der Waals surface area contributed by atoms with E-state index in [9.17, 15) is 0 Å². The van der Waals surface area contributed by atoms with Crippen molar-refractivity contribution in [3.63, 3.8) is 0 Å². The zero-order valence-corrected chi connectivity index (χ0v) is 14.0. The summed E-state index contributed by atoms with van der Waals surface area (Å²) in [6, 6.07) is 0. The lowest BCUT2D eigenvalue weighted by molar-refractivity contribution is -0.199. The first-order chi connectivity index (χ1) is 9.10. The predicted molar refractivity (Wildman–Crippen MR) is 85.2 cm³/mol. The van der Waals surface area contributed by atoms with Crippen LogP contribution in [0.4, 0.5) is 0 Å². The van der Waals surface area contributed by atoms with Crippen LogP contribution < -0.4 is 0 Å². The molecule has 3 rings (SSSR count). The van der Waals surface area contributed by atoms with Gasteiger partial charge in [0.15, 0.2) is 5.79 Å². The Labute approximate surface area is 129 Å². The van der Waals surface area contributed by atoms with Crippen molar-refractivity contribution in [2.75, 3.05) is 13.2 Å². The maximum absolute atomic E-state index is 5.92. The first-order valence-electron chi connectivity index (χ1n) is 7.35. The standard InChI is InChI=1S/C16H23IO2/c1-12(5-8-17)14-4-3-13-11-16(18-9-10-19-16)7-6-15(13,14)2/h5,8,13H,3-4,6-7,9-11H2,1-2H3/b8-5+,14-12-/t13-,15-/m0/s1. The topological polar surface area (TPSA) is 18.5 Å². The van der Waals surface area contributed by atoms with Crippen LogP contribution in [0.1, 0.15) is 46.0 Å². The molecule has 2 atom stereocenters. The average Bonchev–Trinajstić information content (AvgIpc) is 2.96. The van der Waals surface area contributed by atoms with Gasteiger partial charge in [0, 0.05) is 12.8 Å². The molecule has 2 nitrogen and oxygen atoms in total. The van der Waals surface area contributed by atoms with Gasteiger partial charge in [0.2, 0.25) is 0 Å². The Kier molecular flexibility index (Phi) is 3.82. The molecule has 1 spiro atoms.